The van der Waals surface area contributed by atoms with Crippen molar-refractivity contribution < 1.29 is 36.6 Å². The summed E-state index contributed by atoms with van der Waals surface area (Å²) in [5.74, 6) is -3.22. The molecule has 0 N–H and O–H groups in total. The third-order valence-electron chi connectivity index (χ3n) is 7.76. The van der Waals surface area contributed by atoms with Crippen LogP contribution >= 0.6 is 0 Å². The van der Waals surface area contributed by atoms with E-state index < -0.39 is 35.2 Å². The largest absolute Gasteiger partial charge is 0.465 e. The van der Waals surface area contributed by atoms with Gasteiger partial charge in [-0.05, 0) is 63.0 Å². The van der Waals surface area contributed by atoms with Crippen LogP contribution in [0.3, 0.4) is 0 Å². The SMILES string of the molecule is COC(=O)c1cc(Oc2ncc(C)cc2C(F)(F)F)c(F)cc1N(C(=O)C1CCC(C)CC1)C1CCCCC1. The highest BCUT2D eigenvalue weighted by Gasteiger charge is 2.38. The van der Waals surface area contributed by atoms with E-state index in [0.717, 1.165) is 57.4 Å². The zero-order valence-corrected chi connectivity index (χ0v) is 22.4. The smallest absolute Gasteiger partial charge is 0.421 e. The van der Waals surface area contributed by atoms with Crippen LogP contribution in [0.15, 0.2) is 24.4 Å². The van der Waals surface area contributed by atoms with Gasteiger partial charge in [-0.1, -0.05) is 26.2 Å². The van der Waals surface area contributed by atoms with Gasteiger partial charge in [0, 0.05) is 30.3 Å². The molecule has 10 heteroatoms. The molecule has 1 aromatic heterocycles. The molecule has 4 rings (SSSR count). The minimum absolute atomic E-state index is 0.0510. The van der Waals surface area contributed by atoms with Gasteiger partial charge in [-0.3, -0.25) is 4.79 Å². The number of amides is 1. The summed E-state index contributed by atoms with van der Waals surface area (Å²) in [7, 11) is 1.15. The molecular weight excluding hydrogens is 516 g/mol. The number of methoxy groups -OCH3 is 1. The fourth-order valence-corrected chi connectivity index (χ4v) is 5.58. The summed E-state index contributed by atoms with van der Waals surface area (Å²) in [6.07, 6.45) is 3.84. The van der Waals surface area contributed by atoms with Gasteiger partial charge in [-0.2, -0.15) is 13.2 Å². The van der Waals surface area contributed by atoms with Crippen LogP contribution in [0.1, 0.15) is 86.2 Å². The maximum atomic E-state index is 15.6. The number of carbonyl (C=O) groups excluding carboxylic acids is 2. The zero-order chi connectivity index (χ0) is 28.3. The molecule has 0 radical (unpaired) electrons. The molecule has 39 heavy (non-hydrogen) atoms. The second-order valence-corrected chi connectivity index (χ2v) is 10.7. The van der Waals surface area contributed by atoms with E-state index in [1.165, 1.54) is 13.1 Å². The molecule has 2 aliphatic rings. The normalized spacial score (nSPS) is 20.4. The first-order valence-corrected chi connectivity index (χ1v) is 13.5. The number of aromatic nitrogens is 1. The lowest BCUT2D eigenvalue weighted by Gasteiger charge is -2.38. The minimum atomic E-state index is -4.79. The van der Waals surface area contributed by atoms with Crippen molar-refractivity contribution in [1.29, 1.82) is 0 Å². The predicted octanol–water partition coefficient (Wildman–Crippen LogP) is 7.62. The van der Waals surface area contributed by atoms with E-state index in [-0.39, 0.29) is 34.7 Å². The number of pyridine rings is 1. The van der Waals surface area contributed by atoms with Crippen LogP contribution in [0, 0.1) is 24.6 Å². The van der Waals surface area contributed by atoms with Gasteiger partial charge in [0.25, 0.3) is 0 Å². The van der Waals surface area contributed by atoms with Gasteiger partial charge < -0.3 is 14.4 Å². The molecule has 2 fully saturated rings. The van der Waals surface area contributed by atoms with Crippen LogP contribution in [0.5, 0.6) is 11.6 Å². The standard InChI is InChI=1S/C29H34F4N2O4/c1-17-9-11-19(12-10-17)27(36)35(20-7-5-4-6-8-20)24-15-23(30)25(14-21(24)28(37)38-3)39-26-22(29(31,32)33)13-18(2)16-34-26/h13-17,19-20H,4-12H2,1-3H3. The number of benzene rings is 1. The Hall–Kier alpha value is -3.17. The Morgan fingerprint density at radius 3 is 2.28 bits per heavy atom. The van der Waals surface area contributed by atoms with Crippen molar-refractivity contribution in [2.75, 3.05) is 12.0 Å². The topological polar surface area (TPSA) is 68.7 Å². The molecule has 2 aliphatic carbocycles. The second-order valence-electron chi connectivity index (χ2n) is 10.7. The van der Waals surface area contributed by atoms with Crippen molar-refractivity contribution in [1.82, 2.24) is 4.98 Å². The maximum Gasteiger partial charge on any atom is 0.421 e. The van der Waals surface area contributed by atoms with Crippen LogP contribution < -0.4 is 9.64 Å². The van der Waals surface area contributed by atoms with Gasteiger partial charge in [0.1, 0.15) is 5.56 Å². The number of ether oxygens (including phenoxy) is 2. The van der Waals surface area contributed by atoms with Crippen molar-refractivity contribution in [2.24, 2.45) is 11.8 Å². The highest BCUT2D eigenvalue weighted by molar-refractivity contribution is 6.04. The molecule has 0 spiro atoms. The average Bonchev–Trinajstić information content (AvgIpc) is 2.91. The Labute approximate surface area is 225 Å². The number of anilines is 1. The van der Waals surface area contributed by atoms with Gasteiger partial charge in [-0.25, -0.2) is 14.2 Å². The molecular formula is C29H34F4N2O4. The van der Waals surface area contributed by atoms with Crippen molar-refractivity contribution in [3.63, 3.8) is 0 Å². The first-order chi connectivity index (χ1) is 18.5. The van der Waals surface area contributed by atoms with E-state index in [1.54, 1.807) is 4.90 Å². The number of aryl methyl sites for hydroxylation is 1. The number of halogens is 4. The Morgan fingerprint density at radius 2 is 1.67 bits per heavy atom. The Kier molecular flexibility index (Phi) is 8.81. The molecule has 0 bridgehead atoms. The number of nitrogens with zero attached hydrogens (tertiary/aromatic N) is 2. The lowest BCUT2D eigenvalue weighted by atomic mass is 9.81. The molecule has 0 atom stereocenters. The fourth-order valence-electron chi connectivity index (χ4n) is 5.58. The van der Waals surface area contributed by atoms with E-state index in [2.05, 4.69) is 11.9 Å². The third-order valence-corrected chi connectivity index (χ3v) is 7.76. The molecule has 1 amide bonds. The predicted molar refractivity (Wildman–Crippen MR) is 137 cm³/mol. The fraction of sp³-hybridized carbons (Fsp3) is 0.552. The highest BCUT2D eigenvalue weighted by Crippen LogP contribution is 2.41. The van der Waals surface area contributed by atoms with Crippen LogP contribution in [0.2, 0.25) is 0 Å². The van der Waals surface area contributed by atoms with Gasteiger partial charge in [-0.15, -0.1) is 0 Å². The minimum Gasteiger partial charge on any atom is -0.465 e. The summed E-state index contributed by atoms with van der Waals surface area (Å²) in [6, 6.07) is 2.63. The van der Waals surface area contributed by atoms with E-state index in [9.17, 15) is 22.8 Å². The number of hydrogen-bond acceptors (Lipinski definition) is 5. The van der Waals surface area contributed by atoms with Crippen molar-refractivity contribution in [3.8, 4) is 11.6 Å². The summed E-state index contributed by atoms with van der Waals surface area (Å²) in [5, 5.41) is 0. The molecule has 1 heterocycles. The lowest BCUT2D eigenvalue weighted by Crippen LogP contribution is -2.46. The number of carbonyl (C=O) groups is 2. The first-order valence-electron chi connectivity index (χ1n) is 13.5. The summed E-state index contributed by atoms with van der Waals surface area (Å²) < 4.78 is 66.7. The molecule has 0 saturated heterocycles. The van der Waals surface area contributed by atoms with Crippen molar-refractivity contribution in [2.45, 2.75) is 83.9 Å². The third kappa shape index (κ3) is 6.53. The van der Waals surface area contributed by atoms with Crippen molar-refractivity contribution in [3.05, 3.63) is 46.9 Å². The summed E-state index contributed by atoms with van der Waals surface area (Å²) >= 11 is 0. The van der Waals surface area contributed by atoms with E-state index in [4.69, 9.17) is 9.47 Å². The van der Waals surface area contributed by atoms with Gasteiger partial charge in [0.05, 0.1) is 18.4 Å². The number of rotatable bonds is 6. The molecule has 0 unspecified atom stereocenters. The second kappa shape index (κ2) is 11.9. The van der Waals surface area contributed by atoms with E-state index in [0.29, 0.717) is 31.6 Å². The van der Waals surface area contributed by atoms with Crippen LogP contribution in [0.4, 0.5) is 23.2 Å². The Bertz CT molecular complexity index is 1200. The Morgan fingerprint density at radius 1 is 1.00 bits per heavy atom. The first kappa shape index (κ1) is 28.8. The molecule has 212 valence electrons. The van der Waals surface area contributed by atoms with Gasteiger partial charge in [0.2, 0.25) is 11.8 Å². The molecule has 2 saturated carbocycles. The molecule has 2 aromatic rings. The maximum absolute atomic E-state index is 15.6. The van der Waals surface area contributed by atoms with Crippen molar-refractivity contribution >= 4 is 17.6 Å². The molecule has 1 aromatic carbocycles. The quantitative estimate of drug-likeness (QED) is 0.273. The van der Waals surface area contributed by atoms with Gasteiger partial charge in [0.15, 0.2) is 11.6 Å². The van der Waals surface area contributed by atoms with E-state index >= 15 is 4.39 Å². The summed E-state index contributed by atoms with van der Waals surface area (Å²) in [5.41, 5.74) is -1.02. The number of esters is 1. The molecule has 0 aliphatic heterocycles. The summed E-state index contributed by atoms with van der Waals surface area (Å²) in [4.78, 5) is 32.1. The number of hydrogen-bond donors (Lipinski definition) is 0. The van der Waals surface area contributed by atoms with E-state index in [1.807, 2.05) is 0 Å². The van der Waals surface area contributed by atoms with Crippen LogP contribution in [-0.2, 0) is 15.7 Å². The lowest BCUT2D eigenvalue weighted by molar-refractivity contribution is -0.139. The van der Waals surface area contributed by atoms with Gasteiger partial charge >= 0.3 is 12.1 Å². The van der Waals surface area contributed by atoms with Crippen LogP contribution in [-0.4, -0.2) is 30.0 Å². The highest BCUT2D eigenvalue weighted by atomic mass is 19.4. The van der Waals surface area contributed by atoms with Crippen LogP contribution in [0.25, 0.3) is 0 Å². The monoisotopic (exact) mass is 550 g/mol. The Balaban J connectivity index is 1.78. The summed E-state index contributed by atoms with van der Waals surface area (Å²) in [6.45, 7) is 3.59. The molecule has 6 nitrogen and oxygen atoms in total. The number of alkyl halides is 3. The zero-order valence-electron chi connectivity index (χ0n) is 22.4. The average molecular weight is 551 g/mol.